The molecule has 0 spiro atoms. The molecule has 0 saturated carbocycles. The summed E-state index contributed by atoms with van der Waals surface area (Å²) in [6, 6.07) is 8.61. The van der Waals surface area contributed by atoms with Crippen LogP contribution in [-0.4, -0.2) is 28.4 Å². The number of carbonyl (C=O) groups excluding carboxylic acids is 2. The number of urea groups is 1. The minimum atomic E-state index is -0.459. The number of nitrogens with one attached hydrogen (secondary N) is 2. The van der Waals surface area contributed by atoms with Gasteiger partial charge in [0.25, 0.3) is 0 Å². The molecule has 3 amide bonds. The molecular weight excluding hydrogens is 294 g/mol. The third-order valence-corrected chi connectivity index (χ3v) is 3.75. The second-order valence-corrected chi connectivity index (χ2v) is 5.20. The Labute approximate surface area is 133 Å². The molecule has 23 heavy (non-hydrogen) atoms. The van der Waals surface area contributed by atoms with E-state index in [1.807, 2.05) is 13.0 Å². The number of hydrogen-bond donors (Lipinski definition) is 3. The number of pyridine rings is 1. The maximum atomic E-state index is 11.9. The summed E-state index contributed by atoms with van der Waals surface area (Å²) in [5, 5.41) is 6.07. The van der Waals surface area contributed by atoms with E-state index in [1.54, 1.807) is 35.4 Å². The molecule has 118 valence electrons. The number of amides is 3. The van der Waals surface area contributed by atoms with Gasteiger partial charge in [0.15, 0.2) is 0 Å². The Morgan fingerprint density at radius 1 is 1.35 bits per heavy atom. The van der Waals surface area contributed by atoms with Crippen molar-refractivity contribution in [2.24, 2.45) is 5.73 Å². The summed E-state index contributed by atoms with van der Waals surface area (Å²) < 4.78 is 0. The molecule has 0 aliphatic carbocycles. The lowest BCUT2D eigenvalue weighted by molar-refractivity contribution is 0.100. The molecule has 3 rings (SSSR count). The van der Waals surface area contributed by atoms with Crippen molar-refractivity contribution in [3.05, 3.63) is 47.7 Å². The lowest BCUT2D eigenvalue weighted by Gasteiger charge is -2.29. The average Bonchev–Trinajstić information content (AvgIpc) is 2.55. The summed E-state index contributed by atoms with van der Waals surface area (Å²) in [6.45, 7) is 3.04. The highest BCUT2D eigenvalue weighted by Gasteiger charge is 2.24. The number of benzene rings is 1. The largest absolute Gasteiger partial charge is 0.366 e. The normalized spacial score (nSPS) is 13.3. The third-order valence-electron chi connectivity index (χ3n) is 3.75. The van der Waals surface area contributed by atoms with Crippen LogP contribution in [0.4, 0.5) is 22.0 Å². The SMILES string of the molecule is CCN1Cc2c(Nc3ccc(C(N)=O)cc3)ccnc2NC1=O. The lowest BCUT2D eigenvalue weighted by atomic mass is 10.1. The highest BCUT2D eigenvalue weighted by molar-refractivity contribution is 5.94. The quantitative estimate of drug-likeness (QED) is 0.806. The van der Waals surface area contributed by atoms with Crippen molar-refractivity contribution >= 4 is 29.1 Å². The molecule has 0 saturated heterocycles. The van der Waals surface area contributed by atoms with Gasteiger partial charge in [-0.25, -0.2) is 9.78 Å². The topological polar surface area (TPSA) is 100 Å². The Hall–Kier alpha value is -3.09. The van der Waals surface area contributed by atoms with Crippen LogP contribution in [0.15, 0.2) is 36.5 Å². The van der Waals surface area contributed by atoms with Crippen molar-refractivity contribution in [3.63, 3.8) is 0 Å². The van der Waals surface area contributed by atoms with Crippen molar-refractivity contribution in [3.8, 4) is 0 Å². The number of rotatable bonds is 4. The van der Waals surface area contributed by atoms with Gasteiger partial charge in [-0.1, -0.05) is 0 Å². The first-order valence-corrected chi connectivity index (χ1v) is 7.29. The molecule has 0 bridgehead atoms. The van der Waals surface area contributed by atoms with E-state index in [0.717, 1.165) is 16.9 Å². The van der Waals surface area contributed by atoms with Gasteiger partial charge < -0.3 is 16.0 Å². The first-order chi connectivity index (χ1) is 11.1. The minimum Gasteiger partial charge on any atom is -0.366 e. The van der Waals surface area contributed by atoms with Crippen LogP contribution in [0.1, 0.15) is 22.8 Å². The van der Waals surface area contributed by atoms with Crippen LogP contribution in [0, 0.1) is 0 Å². The molecule has 1 aliphatic heterocycles. The predicted octanol–water partition coefficient (Wildman–Crippen LogP) is 2.29. The smallest absolute Gasteiger partial charge is 0.323 e. The van der Waals surface area contributed by atoms with Crippen LogP contribution < -0.4 is 16.4 Å². The van der Waals surface area contributed by atoms with E-state index >= 15 is 0 Å². The van der Waals surface area contributed by atoms with Crippen molar-refractivity contribution in [2.45, 2.75) is 13.5 Å². The number of anilines is 3. The number of nitrogens with zero attached hydrogens (tertiary/aromatic N) is 2. The van der Waals surface area contributed by atoms with E-state index in [1.165, 1.54) is 0 Å². The van der Waals surface area contributed by atoms with Crippen molar-refractivity contribution in [1.29, 1.82) is 0 Å². The number of primary amides is 1. The second kappa shape index (κ2) is 5.96. The molecule has 7 nitrogen and oxygen atoms in total. The van der Waals surface area contributed by atoms with E-state index in [0.29, 0.717) is 24.5 Å². The van der Waals surface area contributed by atoms with E-state index in [-0.39, 0.29) is 6.03 Å². The van der Waals surface area contributed by atoms with Gasteiger partial charge in [0, 0.05) is 35.2 Å². The molecule has 2 heterocycles. The number of aromatic nitrogens is 1. The number of hydrogen-bond acceptors (Lipinski definition) is 4. The fourth-order valence-electron chi connectivity index (χ4n) is 2.45. The zero-order valence-corrected chi connectivity index (χ0v) is 12.7. The Morgan fingerprint density at radius 3 is 2.74 bits per heavy atom. The second-order valence-electron chi connectivity index (χ2n) is 5.20. The van der Waals surface area contributed by atoms with Crippen LogP contribution in [0.2, 0.25) is 0 Å². The standard InChI is InChI=1S/C16H17N5O2/c1-2-21-9-12-13(7-8-18-15(12)20-16(21)23)19-11-5-3-10(4-6-11)14(17)22/h3-8H,2,9H2,1H3,(H2,17,22)(H2,18,19,20,23). The maximum Gasteiger partial charge on any atom is 0.323 e. The van der Waals surface area contributed by atoms with Crippen LogP contribution in [0.3, 0.4) is 0 Å². The number of nitrogens with two attached hydrogens (primary N) is 1. The average molecular weight is 311 g/mol. The van der Waals surface area contributed by atoms with Crippen molar-refractivity contribution in [2.75, 3.05) is 17.2 Å². The van der Waals surface area contributed by atoms with Crippen LogP contribution in [-0.2, 0) is 6.54 Å². The molecule has 7 heteroatoms. The summed E-state index contributed by atoms with van der Waals surface area (Å²) in [5.41, 5.74) is 8.30. The van der Waals surface area contributed by atoms with E-state index in [9.17, 15) is 9.59 Å². The van der Waals surface area contributed by atoms with E-state index in [4.69, 9.17) is 5.73 Å². The summed E-state index contributed by atoms with van der Waals surface area (Å²) in [6.07, 6.45) is 1.64. The number of fused-ring (bicyclic) bond motifs is 1. The molecule has 0 atom stereocenters. The Kier molecular flexibility index (Phi) is 3.84. The van der Waals surface area contributed by atoms with E-state index in [2.05, 4.69) is 15.6 Å². The minimum absolute atomic E-state index is 0.143. The molecule has 1 aromatic carbocycles. The summed E-state index contributed by atoms with van der Waals surface area (Å²) >= 11 is 0. The molecule has 0 unspecified atom stereocenters. The third kappa shape index (κ3) is 2.94. The lowest BCUT2D eigenvalue weighted by Crippen LogP contribution is -2.39. The fraction of sp³-hybridized carbons (Fsp3) is 0.188. The van der Waals surface area contributed by atoms with Gasteiger partial charge in [-0.3, -0.25) is 10.1 Å². The fourth-order valence-corrected chi connectivity index (χ4v) is 2.45. The van der Waals surface area contributed by atoms with Gasteiger partial charge >= 0.3 is 6.03 Å². The molecular formula is C16H17N5O2. The van der Waals surface area contributed by atoms with Gasteiger partial charge in [0.1, 0.15) is 5.82 Å². The summed E-state index contributed by atoms with van der Waals surface area (Å²) in [5.74, 6) is 0.109. The van der Waals surface area contributed by atoms with E-state index < -0.39 is 5.91 Å². The molecule has 4 N–H and O–H groups in total. The Balaban J connectivity index is 1.88. The van der Waals surface area contributed by atoms with Crippen molar-refractivity contribution in [1.82, 2.24) is 9.88 Å². The summed E-state index contributed by atoms with van der Waals surface area (Å²) in [7, 11) is 0. The molecule has 1 aromatic heterocycles. The molecule has 0 fully saturated rings. The Morgan fingerprint density at radius 2 is 2.09 bits per heavy atom. The van der Waals surface area contributed by atoms with Gasteiger partial charge in [0.2, 0.25) is 5.91 Å². The van der Waals surface area contributed by atoms with Gasteiger partial charge in [-0.15, -0.1) is 0 Å². The van der Waals surface area contributed by atoms with Crippen LogP contribution >= 0.6 is 0 Å². The molecule has 1 aliphatic rings. The maximum absolute atomic E-state index is 11.9. The molecule has 2 aromatic rings. The number of carbonyl (C=O) groups is 2. The highest BCUT2D eigenvalue weighted by atomic mass is 16.2. The highest BCUT2D eigenvalue weighted by Crippen LogP contribution is 2.30. The monoisotopic (exact) mass is 311 g/mol. The van der Waals surface area contributed by atoms with Gasteiger partial charge in [-0.2, -0.15) is 0 Å². The zero-order valence-electron chi connectivity index (χ0n) is 12.7. The van der Waals surface area contributed by atoms with Crippen LogP contribution in [0.25, 0.3) is 0 Å². The van der Waals surface area contributed by atoms with Gasteiger partial charge in [-0.05, 0) is 37.3 Å². The predicted molar refractivity (Wildman–Crippen MR) is 87.6 cm³/mol. The van der Waals surface area contributed by atoms with Crippen LogP contribution in [0.5, 0.6) is 0 Å². The van der Waals surface area contributed by atoms with Gasteiger partial charge in [0.05, 0.1) is 6.54 Å². The first-order valence-electron chi connectivity index (χ1n) is 7.29. The van der Waals surface area contributed by atoms with Crippen molar-refractivity contribution < 1.29 is 9.59 Å². The zero-order chi connectivity index (χ0) is 16.4. The first kappa shape index (κ1) is 14.8. The Bertz CT molecular complexity index is 758. The summed E-state index contributed by atoms with van der Waals surface area (Å²) in [4.78, 5) is 28.9. The molecule has 0 radical (unpaired) electrons.